The zero-order chi connectivity index (χ0) is 21.6. The van der Waals surface area contributed by atoms with Crippen LogP contribution in [-0.2, 0) is 0 Å². The third-order valence-electron chi connectivity index (χ3n) is 4.76. The predicted octanol–water partition coefficient (Wildman–Crippen LogP) is 6.76. The van der Waals surface area contributed by atoms with Crippen LogP contribution in [0.25, 0.3) is 33.2 Å². The number of nitrogens with zero attached hydrogens (tertiary/aromatic N) is 1. The molecule has 4 rings (SSSR count). The molecule has 2 N–H and O–H groups in total. The molecule has 0 bridgehead atoms. The number of aromatic hydroxyl groups is 1. The van der Waals surface area contributed by atoms with Crippen molar-refractivity contribution in [3.8, 4) is 50.5 Å². The van der Waals surface area contributed by atoms with Crippen LogP contribution in [0.5, 0.6) is 17.2 Å². The Morgan fingerprint density at radius 1 is 0.903 bits per heavy atom. The molecule has 2 aromatic heterocycles. The van der Waals surface area contributed by atoms with E-state index < -0.39 is 0 Å². The Balaban J connectivity index is 1.83. The predicted molar refractivity (Wildman–Crippen MR) is 126 cm³/mol. The number of imidazole rings is 1. The highest BCUT2D eigenvalue weighted by molar-refractivity contribution is 7.13. The van der Waals surface area contributed by atoms with Crippen molar-refractivity contribution in [3.63, 3.8) is 0 Å². The Morgan fingerprint density at radius 3 is 2.16 bits per heavy atom. The quantitative estimate of drug-likeness (QED) is 0.305. The Labute approximate surface area is 186 Å². The summed E-state index contributed by atoms with van der Waals surface area (Å²) >= 11 is 1.65. The summed E-state index contributed by atoms with van der Waals surface area (Å²) in [5.41, 5.74) is 3.72. The number of aromatic amines is 1. The molecule has 0 spiro atoms. The minimum atomic E-state index is 0.0268. The van der Waals surface area contributed by atoms with E-state index >= 15 is 0 Å². The van der Waals surface area contributed by atoms with Gasteiger partial charge in [0.1, 0.15) is 11.5 Å². The lowest BCUT2D eigenvalue weighted by Crippen LogP contribution is -2.00. The van der Waals surface area contributed by atoms with Crippen molar-refractivity contribution in [2.24, 2.45) is 0 Å². The number of aromatic nitrogens is 2. The van der Waals surface area contributed by atoms with E-state index in [9.17, 15) is 5.11 Å². The van der Waals surface area contributed by atoms with E-state index in [1.807, 2.05) is 55.6 Å². The van der Waals surface area contributed by atoms with Gasteiger partial charge in [-0.15, -0.1) is 11.3 Å². The molecule has 31 heavy (non-hydrogen) atoms. The highest BCUT2D eigenvalue weighted by atomic mass is 32.1. The Kier molecular flexibility index (Phi) is 6.57. The second kappa shape index (κ2) is 9.71. The summed E-state index contributed by atoms with van der Waals surface area (Å²) in [6.45, 7) is 5.08. The maximum absolute atomic E-state index is 10.6. The number of nitrogens with one attached hydrogen (secondary N) is 1. The van der Waals surface area contributed by atoms with Crippen molar-refractivity contribution in [1.29, 1.82) is 0 Å². The van der Waals surface area contributed by atoms with Gasteiger partial charge >= 0.3 is 0 Å². The molecule has 6 heteroatoms. The number of hydrogen-bond donors (Lipinski definition) is 2. The van der Waals surface area contributed by atoms with Crippen LogP contribution in [-0.4, -0.2) is 28.3 Å². The van der Waals surface area contributed by atoms with E-state index in [1.165, 1.54) is 0 Å². The maximum Gasteiger partial charge on any atom is 0.200 e. The molecule has 0 radical (unpaired) electrons. The highest BCUT2D eigenvalue weighted by Gasteiger charge is 2.19. The first-order chi connectivity index (χ1) is 15.2. The van der Waals surface area contributed by atoms with E-state index in [0.29, 0.717) is 30.5 Å². The Morgan fingerprint density at radius 2 is 1.58 bits per heavy atom. The number of rotatable bonds is 9. The van der Waals surface area contributed by atoms with Gasteiger partial charge in [-0.1, -0.05) is 50.2 Å². The fourth-order valence-electron chi connectivity index (χ4n) is 3.28. The topological polar surface area (TPSA) is 67.4 Å². The van der Waals surface area contributed by atoms with Crippen molar-refractivity contribution in [2.75, 3.05) is 13.2 Å². The number of hydrogen-bond acceptors (Lipinski definition) is 5. The van der Waals surface area contributed by atoms with Crippen molar-refractivity contribution < 1.29 is 14.6 Å². The molecule has 0 atom stereocenters. The van der Waals surface area contributed by atoms with Crippen molar-refractivity contribution in [1.82, 2.24) is 9.97 Å². The average Bonchev–Trinajstić information content (AvgIpc) is 3.48. The zero-order valence-corrected chi connectivity index (χ0v) is 18.5. The smallest absolute Gasteiger partial charge is 0.200 e. The lowest BCUT2D eigenvalue weighted by atomic mass is 10.1. The standard InChI is InChI=1S/C25H26N2O3S/c1-3-12-29-19-15-18(16-20(24(19)28)30-13-4-2)25-26-22(17-9-6-5-7-10-17)23(27-25)21-11-8-14-31-21/h5-11,14-16,28H,3-4,12-13H2,1-2H3,(H,26,27). The summed E-state index contributed by atoms with van der Waals surface area (Å²) in [6.07, 6.45) is 1.69. The molecule has 0 saturated heterocycles. The zero-order valence-electron chi connectivity index (χ0n) is 17.7. The van der Waals surface area contributed by atoms with Crippen molar-refractivity contribution in [2.45, 2.75) is 26.7 Å². The lowest BCUT2D eigenvalue weighted by molar-refractivity contribution is 0.273. The molecule has 2 aromatic carbocycles. The Hall–Kier alpha value is -3.25. The second-order valence-corrected chi connectivity index (χ2v) is 8.12. The van der Waals surface area contributed by atoms with Crippen LogP contribution in [0.2, 0.25) is 0 Å². The number of phenolic OH excluding ortho intramolecular Hbond substituents is 1. The fraction of sp³-hybridized carbons (Fsp3) is 0.240. The minimum Gasteiger partial charge on any atom is -0.502 e. The van der Waals surface area contributed by atoms with Crippen LogP contribution >= 0.6 is 11.3 Å². The van der Waals surface area contributed by atoms with E-state index in [1.54, 1.807) is 11.3 Å². The number of ether oxygens (including phenoxy) is 2. The summed E-state index contributed by atoms with van der Waals surface area (Å²) in [4.78, 5) is 9.51. The number of phenols is 1. The van der Waals surface area contributed by atoms with Crippen LogP contribution < -0.4 is 9.47 Å². The normalized spacial score (nSPS) is 10.9. The minimum absolute atomic E-state index is 0.0268. The van der Waals surface area contributed by atoms with Gasteiger partial charge in [-0.3, -0.25) is 0 Å². The van der Waals surface area contributed by atoms with Gasteiger partial charge < -0.3 is 19.6 Å². The second-order valence-electron chi connectivity index (χ2n) is 7.17. The number of H-pyrrole nitrogens is 1. The van der Waals surface area contributed by atoms with Crippen molar-refractivity contribution >= 4 is 11.3 Å². The highest BCUT2D eigenvalue weighted by Crippen LogP contribution is 2.42. The molecular weight excluding hydrogens is 408 g/mol. The summed E-state index contributed by atoms with van der Waals surface area (Å²) in [7, 11) is 0. The first-order valence-corrected chi connectivity index (χ1v) is 11.4. The molecule has 4 aromatic rings. The number of thiophene rings is 1. The van der Waals surface area contributed by atoms with Gasteiger partial charge in [0.25, 0.3) is 0 Å². The SMILES string of the molecule is CCCOc1cc(-c2nc(-c3cccs3)c(-c3ccccc3)[nH]2)cc(OCCC)c1O. The summed E-state index contributed by atoms with van der Waals surface area (Å²) < 4.78 is 11.6. The molecule has 0 aliphatic heterocycles. The van der Waals surface area contributed by atoms with E-state index in [-0.39, 0.29) is 5.75 Å². The van der Waals surface area contributed by atoms with Gasteiger partial charge in [0, 0.05) is 11.1 Å². The summed E-state index contributed by atoms with van der Waals surface area (Å²) in [5, 5.41) is 12.7. The van der Waals surface area contributed by atoms with Gasteiger partial charge in [-0.05, 0) is 36.4 Å². The van der Waals surface area contributed by atoms with Gasteiger partial charge in [0.15, 0.2) is 11.5 Å². The molecule has 0 unspecified atom stereocenters. The van der Waals surface area contributed by atoms with Gasteiger partial charge in [0.05, 0.1) is 23.8 Å². The Bertz CT molecular complexity index is 1090. The third kappa shape index (κ3) is 4.59. The summed E-state index contributed by atoms with van der Waals surface area (Å²) in [5.74, 6) is 1.53. The molecule has 2 heterocycles. The van der Waals surface area contributed by atoms with Gasteiger partial charge in [-0.25, -0.2) is 4.98 Å². The van der Waals surface area contributed by atoms with Crippen LogP contribution in [0, 0.1) is 0 Å². The van der Waals surface area contributed by atoms with E-state index in [0.717, 1.165) is 40.2 Å². The molecule has 0 aliphatic carbocycles. The molecular formula is C25H26N2O3S. The summed E-state index contributed by atoms with van der Waals surface area (Å²) in [6, 6.07) is 17.9. The van der Waals surface area contributed by atoms with E-state index in [4.69, 9.17) is 14.5 Å². The van der Waals surface area contributed by atoms with Crippen molar-refractivity contribution in [3.05, 3.63) is 60.0 Å². The molecule has 0 amide bonds. The lowest BCUT2D eigenvalue weighted by Gasteiger charge is -2.13. The molecule has 0 aliphatic rings. The third-order valence-corrected chi connectivity index (χ3v) is 5.63. The number of benzene rings is 2. The monoisotopic (exact) mass is 434 g/mol. The molecule has 0 fully saturated rings. The van der Waals surface area contributed by atoms with Crippen LogP contribution in [0.4, 0.5) is 0 Å². The van der Waals surface area contributed by atoms with Gasteiger partial charge in [-0.2, -0.15) is 0 Å². The van der Waals surface area contributed by atoms with E-state index in [2.05, 4.69) is 23.2 Å². The molecule has 160 valence electrons. The van der Waals surface area contributed by atoms with Gasteiger partial charge in [0.2, 0.25) is 5.75 Å². The molecule has 5 nitrogen and oxygen atoms in total. The largest absolute Gasteiger partial charge is 0.502 e. The van der Waals surface area contributed by atoms with Crippen LogP contribution in [0.3, 0.4) is 0 Å². The first kappa shape index (κ1) is 21.0. The molecule has 0 saturated carbocycles. The maximum atomic E-state index is 10.6. The van der Waals surface area contributed by atoms with Crippen LogP contribution in [0.1, 0.15) is 26.7 Å². The fourth-order valence-corrected chi connectivity index (χ4v) is 4.00. The first-order valence-electron chi connectivity index (χ1n) is 10.5. The van der Waals surface area contributed by atoms with Crippen LogP contribution in [0.15, 0.2) is 60.0 Å². The average molecular weight is 435 g/mol.